The molecule has 0 rings (SSSR count). The van der Waals surface area contributed by atoms with Crippen LogP contribution in [0.25, 0.3) is 0 Å². The Balaban J connectivity index is 3.40. The van der Waals surface area contributed by atoms with Crippen LogP contribution in [-0.2, 0) is 14.3 Å². The first-order chi connectivity index (χ1) is 41.0. The van der Waals surface area contributed by atoms with Gasteiger partial charge in [0.15, 0.2) is 0 Å². The zero-order chi connectivity index (χ0) is 59.9. The summed E-state index contributed by atoms with van der Waals surface area (Å²) in [5.74, 6) is -0.0222. The quantitative estimate of drug-likeness (QED) is 0.0320. The summed E-state index contributed by atoms with van der Waals surface area (Å²) in [5, 5.41) is 23.4. The van der Waals surface area contributed by atoms with Crippen molar-refractivity contribution in [2.45, 2.75) is 431 Å². The van der Waals surface area contributed by atoms with Gasteiger partial charge in [-0.05, 0) is 83.5 Å². The molecule has 0 radical (unpaired) electrons. The van der Waals surface area contributed by atoms with Crippen LogP contribution in [0.4, 0.5) is 0 Å². The van der Waals surface area contributed by atoms with E-state index in [0.29, 0.717) is 25.9 Å². The summed E-state index contributed by atoms with van der Waals surface area (Å²) in [5.41, 5.74) is 0. The second-order valence-electron chi connectivity index (χ2n) is 26.0. The van der Waals surface area contributed by atoms with Crippen molar-refractivity contribution in [2.24, 2.45) is 0 Å². The molecule has 0 heterocycles. The van der Waals surface area contributed by atoms with Gasteiger partial charge < -0.3 is 20.3 Å². The van der Waals surface area contributed by atoms with E-state index in [1.54, 1.807) is 0 Å². The highest BCUT2D eigenvalue weighted by Crippen LogP contribution is 2.19. The molecule has 1 amide bonds. The first-order valence-electron chi connectivity index (χ1n) is 37.7. The van der Waals surface area contributed by atoms with E-state index < -0.39 is 12.1 Å². The smallest absolute Gasteiger partial charge is 0.305 e. The summed E-state index contributed by atoms with van der Waals surface area (Å²) < 4.78 is 5.50. The molecule has 0 saturated carbocycles. The summed E-state index contributed by atoms with van der Waals surface area (Å²) in [4.78, 5) is 24.7. The predicted octanol–water partition coefficient (Wildman–Crippen LogP) is 24.7. The SMILES string of the molecule is CCCCCCCCC/C=C\CCCCCCCCCC(=O)OCCCCCCCCCCC/C=C\C/C=C\CCCCCCCCCCCCCCCC(=O)NC(CO)C(O)CCCCCCCCCCCCCCCCCCCCC. The van der Waals surface area contributed by atoms with Gasteiger partial charge in [0.05, 0.1) is 25.4 Å². The Morgan fingerprint density at radius 2 is 0.602 bits per heavy atom. The number of hydrogen-bond donors (Lipinski definition) is 3. The van der Waals surface area contributed by atoms with E-state index in [-0.39, 0.29) is 18.5 Å². The Labute approximate surface area is 519 Å². The van der Waals surface area contributed by atoms with Crippen molar-refractivity contribution in [1.82, 2.24) is 5.32 Å². The molecule has 3 N–H and O–H groups in total. The number of ether oxygens (including phenoxy) is 1. The third kappa shape index (κ3) is 69.1. The van der Waals surface area contributed by atoms with Crippen molar-refractivity contribution < 1.29 is 24.5 Å². The lowest BCUT2D eigenvalue weighted by molar-refractivity contribution is -0.143. The number of aliphatic hydroxyl groups excluding tert-OH is 2. The van der Waals surface area contributed by atoms with Gasteiger partial charge in [-0.15, -0.1) is 0 Å². The molecule has 0 aromatic carbocycles. The van der Waals surface area contributed by atoms with Gasteiger partial charge in [0.1, 0.15) is 0 Å². The van der Waals surface area contributed by atoms with Gasteiger partial charge in [-0.25, -0.2) is 0 Å². The van der Waals surface area contributed by atoms with Crippen LogP contribution < -0.4 is 5.32 Å². The maximum atomic E-state index is 12.5. The van der Waals surface area contributed by atoms with Gasteiger partial charge in [0, 0.05) is 12.8 Å². The molecular weight excluding hydrogens is 1020 g/mol. The Morgan fingerprint density at radius 3 is 0.928 bits per heavy atom. The van der Waals surface area contributed by atoms with Crippen molar-refractivity contribution in [1.29, 1.82) is 0 Å². The Hall–Kier alpha value is -1.92. The van der Waals surface area contributed by atoms with Crippen molar-refractivity contribution in [3.8, 4) is 0 Å². The standard InChI is InChI=1S/C77H147NO5/c1-3-5-7-9-11-13-15-17-19-21-34-37-41-45-49-53-57-61-65-69-75(80)74(73-79)78-76(81)70-66-62-58-54-50-46-42-38-35-32-30-28-26-24-23-25-27-29-31-33-36-40-44-48-52-56-60-64-68-72-83-77(82)71-67-63-59-55-51-47-43-39-22-20-18-16-14-12-10-8-6-4-2/h20,22-23,25,29,31,74-75,79-80H,3-19,21,24,26-28,30,32-73H2,1-2H3,(H,78,81)/b22-20-,25-23-,31-29-. The van der Waals surface area contributed by atoms with Gasteiger partial charge in [0.2, 0.25) is 5.91 Å². The average Bonchev–Trinajstić information content (AvgIpc) is 3.49. The molecule has 6 nitrogen and oxygen atoms in total. The number of allylic oxidation sites excluding steroid dienone is 6. The Morgan fingerprint density at radius 1 is 0.337 bits per heavy atom. The number of carbonyl (C=O) groups excluding carboxylic acids is 2. The molecule has 0 saturated heterocycles. The zero-order valence-corrected chi connectivity index (χ0v) is 56.2. The fourth-order valence-corrected chi connectivity index (χ4v) is 11.9. The fourth-order valence-electron chi connectivity index (χ4n) is 11.9. The molecule has 0 aliphatic heterocycles. The minimum atomic E-state index is -0.666. The lowest BCUT2D eigenvalue weighted by Gasteiger charge is -2.22. The second kappa shape index (κ2) is 72.6. The van der Waals surface area contributed by atoms with E-state index >= 15 is 0 Å². The number of carbonyl (C=O) groups is 2. The van der Waals surface area contributed by atoms with E-state index in [4.69, 9.17) is 4.74 Å². The van der Waals surface area contributed by atoms with Crippen molar-refractivity contribution in [3.63, 3.8) is 0 Å². The molecule has 6 heteroatoms. The monoisotopic (exact) mass is 1170 g/mol. The van der Waals surface area contributed by atoms with Crippen LogP contribution in [0.2, 0.25) is 0 Å². The van der Waals surface area contributed by atoms with Crippen molar-refractivity contribution >= 4 is 11.9 Å². The summed E-state index contributed by atoms with van der Waals surface area (Å²) >= 11 is 0. The lowest BCUT2D eigenvalue weighted by Crippen LogP contribution is -2.45. The number of nitrogens with one attached hydrogen (secondary N) is 1. The maximum Gasteiger partial charge on any atom is 0.305 e. The fraction of sp³-hybridized carbons (Fsp3) is 0.896. The van der Waals surface area contributed by atoms with Crippen LogP contribution >= 0.6 is 0 Å². The molecule has 490 valence electrons. The highest BCUT2D eigenvalue weighted by molar-refractivity contribution is 5.76. The van der Waals surface area contributed by atoms with E-state index in [1.165, 1.54) is 334 Å². The van der Waals surface area contributed by atoms with Gasteiger partial charge in [-0.1, -0.05) is 359 Å². The molecule has 0 aromatic heterocycles. The number of aliphatic hydroxyl groups is 2. The van der Waals surface area contributed by atoms with Crippen LogP contribution in [0.5, 0.6) is 0 Å². The molecule has 0 bridgehead atoms. The summed E-state index contributed by atoms with van der Waals surface area (Å²) in [6, 6.07) is -0.543. The zero-order valence-electron chi connectivity index (χ0n) is 56.2. The normalized spacial score (nSPS) is 12.7. The van der Waals surface area contributed by atoms with Crippen LogP contribution in [0.15, 0.2) is 36.5 Å². The van der Waals surface area contributed by atoms with Gasteiger partial charge in [-0.2, -0.15) is 0 Å². The number of esters is 1. The van der Waals surface area contributed by atoms with E-state index in [9.17, 15) is 19.8 Å². The van der Waals surface area contributed by atoms with Crippen LogP contribution in [0, 0.1) is 0 Å². The van der Waals surface area contributed by atoms with Gasteiger partial charge in [-0.3, -0.25) is 9.59 Å². The summed E-state index contributed by atoms with van der Waals surface area (Å²) in [7, 11) is 0. The van der Waals surface area contributed by atoms with Crippen LogP contribution in [-0.4, -0.2) is 47.4 Å². The highest BCUT2D eigenvalue weighted by Gasteiger charge is 2.20. The molecule has 0 aliphatic carbocycles. The number of hydrogen-bond acceptors (Lipinski definition) is 5. The van der Waals surface area contributed by atoms with Gasteiger partial charge in [0.25, 0.3) is 0 Å². The summed E-state index contributed by atoms with van der Waals surface area (Å²) in [6.45, 7) is 4.99. The molecule has 0 spiro atoms. The topological polar surface area (TPSA) is 95.9 Å². The lowest BCUT2D eigenvalue weighted by atomic mass is 10.0. The molecule has 0 aliphatic rings. The molecular formula is C77H147NO5. The van der Waals surface area contributed by atoms with E-state index in [0.717, 1.165) is 51.4 Å². The Bertz CT molecular complexity index is 1340. The molecule has 83 heavy (non-hydrogen) atoms. The minimum Gasteiger partial charge on any atom is -0.466 e. The largest absolute Gasteiger partial charge is 0.466 e. The minimum absolute atomic E-state index is 0.00983. The highest BCUT2D eigenvalue weighted by atomic mass is 16.5. The third-order valence-corrected chi connectivity index (χ3v) is 17.7. The number of unbranched alkanes of at least 4 members (excludes halogenated alkanes) is 54. The van der Waals surface area contributed by atoms with E-state index in [1.807, 2.05) is 0 Å². The number of amides is 1. The average molecular weight is 1170 g/mol. The predicted molar refractivity (Wildman–Crippen MR) is 366 cm³/mol. The maximum absolute atomic E-state index is 12.5. The van der Waals surface area contributed by atoms with Gasteiger partial charge >= 0.3 is 5.97 Å². The first-order valence-corrected chi connectivity index (χ1v) is 37.7. The molecule has 2 atom stereocenters. The number of rotatable bonds is 71. The molecule has 0 fully saturated rings. The Kier molecular flexibility index (Phi) is 70.9. The van der Waals surface area contributed by atoms with Crippen molar-refractivity contribution in [3.05, 3.63) is 36.5 Å². The van der Waals surface area contributed by atoms with Crippen LogP contribution in [0.3, 0.4) is 0 Å². The second-order valence-corrected chi connectivity index (χ2v) is 26.0. The third-order valence-electron chi connectivity index (χ3n) is 17.7. The first kappa shape index (κ1) is 81.1. The summed E-state index contributed by atoms with van der Waals surface area (Å²) in [6.07, 6.45) is 93.5. The molecule has 2 unspecified atom stereocenters. The van der Waals surface area contributed by atoms with Crippen molar-refractivity contribution in [2.75, 3.05) is 13.2 Å². The molecule has 0 aromatic rings. The van der Waals surface area contributed by atoms with Crippen LogP contribution in [0.1, 0.15) is 418 Å². The van der Waals surface area contributed by atoms with E-state index in [2.05, 4.69) is 55.6 Å².